The quantitative estimate of drug-likeness (QED) is 0.629. The number of piperidine rings is 1. The summed E-state index contributed by atoms with van der Waals surface area (Å²) in [6, 6.07) is 16.3. The molecule has 0 radical (unpaired) electrons. The summed E-state index contributed by atoms with van der Waals surface area (Å²) in [4.78, 5) is 14.7. The predicted molar refractivity (Wildman–Crippen MR) is 118 cm³/mol. The van der Waals surface area contributed by atoms with E-state index in [1.807, 2.05) is 48.4 Å². The highest BCUT2D eigenvalue weighted by molar-refractivity contribution is 5.91. The third-order valence-electron chi connectivity index (χ3n) is 6.16. The lowest BCUT2D eigenvalue weighted by atomic mass is 9.82. The van der Waals surface area contributed by atoms with Crippen LogP contribution in [0.15, 0.2) is 60.8 Å². The fraction of sp³-hybridized carbons (Fsp3) is 0.292. The number of halogens is 1. The molecule has 0 saturated carbocycles. The Bertz CT molecular complexity index is 1120. The van der Waals surface area contributed by atoms with Gasteiger partial charge in [0.05, 0.1) is 29.2 Å². The Morgan fingerprint density at radius 2 is 1.97 bits per heavy atom. The van der Waals surface area contributed by atoms with E-state index >= 15 is 0 Å². The number of carbonyl (C=O) groups excluding carboxylic acids is 1. The molecule has 31 heavy (non-hydrogen) atoms. The van der Waals surface area contributed by atoms with E-state index in [2.05, 4.69) is 21.3 Å². The van der Waals surface area contributed by atoms with Gasteiger partial charge in [0.25, 0.3) is 0 Å². The number of urea groups is 1. The van der Waals surface area contributed by atoms with E-state index in [1.54, 1.807) is 12.1 Å². The van der Waals surface area contributed by atoms with Gasteiger partial charge in [-0.25, -0.2) is 9.18 Å². The number of likely N-dealkylation sites (tertiary alicyclic amines) is 1. The Labute approximate surface area is 180 Å². The first-order valence-electron chi connectivity index (χ1n) is 10.6. The molecule has 7 heteroatoms. The average Bonchev–Trinajstić information content (AvgIpc) is 3.27. The molecule has 160 valence electrons. The third-order valence-corrected chi connectivity index (χ3v) is 6.16. The molecule has 0 unspecified atom stereocenters. The average molecular weight is 420 g/mol. The number of carbonyl (C=O) groups is 1. The van der Waals surface area contributed by atoms with Crippen LogP contribution in [0.5, 0.6) is 5.75 Å². The van der Waals surface area contributed by atoms with Gasteiger partial charge in [-0.2, -0.15) is 0 Å². The molecule has 1 aromatic heterocycles. The maximum Gasteiger partial charge on any atom is 0.321 e. The number of hydrogen-bond donors (Lipinski definition) is 2. The Morgan fingerprint density at radius 3 is 2.77 bits per heavy atom. The van der Waals surface area contributed by atoms with E-state index in [-0.39, 0.29) is 17.4 Å². The van der Waals surface area contributed by atoms with Crippen LogP contribution in [0.25, 0.3) is 5.69 Å². The van der Waals surface area contributed by atoms with Crippen molar-refractivity contribution in [3.63, 3.8) is 0 Å². The van der Waals surface area contributed by atoms with Crippen LogP contribution in [0, 0.1) is 5.82 Å². The van der Waals surface area contributed by atoms with Crippen molar-refractivity contribution < 1.29 is 13.9 Å². The first-order valence-corrected chi connectivity index (χ1v) is 10.6. The second-order valence-corrected chi connectivity index (χ2v) is 7.98. The molecule has 0 aliphatic carbocycles. The van der Waals surface area contributed by atoms with E-state index in [1.165, 1.54) is 6.07 Å². The molecule has 5 rings (SSSR count). The van der Waals surface area contributed by atoms with Crippen LogP contribution in [0.4, 0.5) is 20.6 Å². The van der Waals surface area contributed by atoms with Crippen LogP contribution in [-0.2, 0) is 5.54 Å². The van der Waals surface area contributed by atoms with Gasteiger partial charge in [-0.3, -0.25) is 0 Å². The molecule has 2 N–H and O–H groups in total. The van der Waals surface area contributed by atoms with E-state index in [0.717, 1.165) is 29.9 Å². The highest BCUT2D eigenvalue weighted by atomic mass is 19.1. The van der Waals surface area contributed by atoms with Crippen LogP contribution in [-0.4, -0.2) is 35.2 Å². The van der Waals surface area contributed by atoms with Crippen molar-refractivity contribution in [2.24, 2.45) is 0 Å². The molecule has 0 atom stereocenters. The highest BCUT2D eigenvalue weighted by Gasteiger charge is 2.42. The molecule has 1 spiro atoms. The molecule has 2 amide bonds. The highest BCUT2D eigenvalue weighted by Crippen LogP contribution is 2.43. The van der Waals surface area contributed by atoms with Crippen molar-refractivity contribution in [1.29, 1.82) is 0 Å². The van der Waals surface area contributed by atoms with Crippen molar-refractivity contribution in [3.05, 3.63) is 72.3 Å². The van der Waals surface area contributed by atoms with Crippen LogP contribution in [0.1, 0.15) is 25.5 Å². The molecule has 2 aromatic carbocycles. The number of nitrogens with one attached hydrogen (secondary N) is 2. The smallest absolute Gasteiger partial charge is 0.321 e. The number of anilines is 2. The Morgan fingerprint density at radius 1 is 1.16 bits per heavy atom. The molecular weight excluding hydrogens is 395 g/mol. The van der Waals surface area contributed by atoms with E-state index in [0.29, 0.717) is 31.1 Å². The Hall–Kier alpha value is -3.48. The van der Waals surface area contributed by atoms with Crippen LogP contribution in [0.3, 0.4) is 0 Å². The molecule has 3 heterocycles. The van der Waals surface area contributed by atoms with Gasteiger partial charge in [0.1, 0.15) is 11.6 Å². The first kappa shape index (κ1) is 19.5. The van der Waals surface area contributed by atoms with Crippen LogP contribution >= 0.6 is 0 Å². The predicted octanol–water partition coefficient (Wildman–Crippen LogP) is 4.96. The zero-order valence-corrected chi connectivity index (χ0v) is 17.4. The van der Waals surface area contributed by atoms with E-state index in [4.69, 9.17) is 4.74 Å². The van der Waals surface area contributed by atoms with Gasteiger partial charge in [-0.1, -0.05) is 12.1 Å². The lowest BCUT2D eigenvalue weighted by Crippen LogP contribution is -2.51. The molecule has 1 saturated heterocycles. The molecular formula is C24H25FN4O2. The number of rotatable bonds is 3. The Kier molecular flexibility index (Phi) is 4.81. The zero-order valence-electron chi connectivity index (χ0n) is 17.4. The minimum absolute atomic E-state index is 0.139. The van der Waals surface area contributed by atoms with Gasteiger partial charge >= 0.3 is 6.03 Å². The second-order valence-electron chi connectivity index (χ2n) is 7.98. The second kappa shape index (κ2) is 7.65. The van der Waals surface area contributed by atoms with Gasteiger partial charge in [0.2, 0.25) is 0 Å². The van der Waals surface area contributed by atoms with Crippen LogP contribution in [0.2, 0.25) is 0 Å². The minimum atomic E-state index is -0.329. The number of nitrogens with zero attached hydrogens (tertiary/aromatic N) is 2. The number of ether oxygens (including phenoxy) is 1. The van der Waals surface area contributed by atoms with Crippen molar-refractivity contribution in [2.75, 3.05) is 30.3 Å². The fourth-order valence-electron chi connectivity index (χ4n) is 4.64. The van der Waals surface area contributed by atoms with Gasteiger partial charge < -0.3 is 24.8 Å². The molecule has 0 bridgehead atoms. The summed E-state index contributed by atoms with van der Waals surface area (Å²) in [7, 11) is 0. The lowest BCUT2D eigenvalue weighted by Gasteiger charge is -2.46. The summed E-state index contributed by atoms with van der Waals surface area (Å²) >= 11 is 0. The van der Waals surface area contributed by atoms with Crippen molar-refractivity contribution in [1.82, 2.24) is 9.47 Å². The van der Waals surface area contributed by atoms with E-state index in [9.17, 15) is 9.18 Å². The maximum atomic E-state index is 13.9. The number of aromatic nitrogens is 1. The Balaban J connectivity index is 1.33. The first-order chi connectivity index (χ1) is 15.1. The molecule has 6 nitrogen and oxygen atoms in total. The summed E-state index contributed by atoms with van der Waals surface area (Å²) < 4.78 is 21.6. The summed E-state index contributed by atoms with van der Waals surface area (Å²) in [6.07, 6.45) is 3.47. The molecule has 3 aromatic rings. The monoisotopic (exact) mass is 420 g/mol. The standard InChI is InChI=1S/C24H25FN4O2/c1-2-31-21-7-4-3-6-18(21)26-23(30)28-14-11-24(12-15-28)22-8-5-13-29(22)20-10-9-17(25)16-19(20)27-24/h3-10,13,16,27H,2,11-12,14-15H2,1H3,(H,26,30). The number of benzene rings is 2. The third kappa shape index (κ3) is 3.40. The lowest BCUT2D eigenvalue weighted by molar-refractivity contribution is 0.174. The number of para-hydroxylation sites is 2. The maximum absolute atomic E-state index is 13.9. The van der Waals surface area contributed by atoms with Crippen LogP contribution < -0.4 is 15.4 Å². The number of fused-ring (bicyclic) bond motifs is 4. The van der Waals surface area contributed by atoms with Gasteiger partial charge in [-0.15, -0.1) is 0 Å². The topological polar surface area (TPSA) is 58.5 Å². The zero-order chi connectivity index (χ0) is 21.4. The van der Waals surface area contributed by atoms with Gasteiger partial charge in [0.15, 0.2) is 0 Å². The summed E-state index contributed by atoms with van der Waals surface area (Å²) in [5.41, 5.74) is 3.22. The van der Waals surface area contributed by atoms with Crippen molar-refractivity contribution >= 4 is 17.4 Å². The summed E-state index contributed by atoms with van der Waals surface area (Å²) in [5.74, 6) is 0.402. The van der Waals surface area contributed by atoms with Crippen molar-refractivity contribution in [2.45, 2.75) is 25.3 Å². The molecule has 1 fully saturated rings. The SMILES string of the molecule is CCOc1ccccc1NC(=O)N1CCC2(CC1)Nc1cc(F)ccc1-n1cccc12. The molecule has 2 aliphatic heterocycles. The normalized spacial score (nSPS) is 16.3. The number of hydrogen-bond acceptors (Lipinski definition) is 3. The summed E-state index contributed by atoms with van der Waals surface area (Å²) in [5, 5.41) is 6.57. The summed E-state index contributed by atoms with van der Waals surface area (Å²) in [6.45, 7) is 3.63. The molecule has 2 aliphatic rings. The fourth-order valence-corrected chi connectivity index (χ4v) is 4.64. The van der Waals surface area contributed by atoms with Gasteiger partial charge in [-0.05, 0) is 62.2 Å². The minimum Gasteiger partial charge on any atom is -0.492 e. The number of amides is 2. The van der Waals surface area contributed by atoms with E-state index < -0.39 is 0 Å². The largest absolute Gasteiger partial charge is 0.492 e. The van der Waals surface area contributed by atoms with Crippen molar-refractivity contribution in [3.8, 4) is 11.4 Å². The van der Waals surface area contributed by atoms with Gasteiger partial charge in [0, 0.05) is 25.0 Å².